The number of hydrogen-bond acceptors (Lipinski definition) is 5. The zero-order chi connectivity index (χ0) is 20.9. The van der Waals surface area contributed by atoms with Gasteiger partial charge in [-0.15, -0.1) is 0 Å². The molecule has 1 aliphatic rings. The first-order chi connectivity index (χ1) is 13.8. The van der Waals surface area contributed by atoms with Crippen molar-refractivity contribution in [2.24, 2.45) is 5.73 Å². The molecule has 0 atom stereocenters. The van der Waals surface area contributed by atoms with Gasteiger partial charge in [0.1, 0.15) is 0 Å². The van der Waals surface area contributed by atoms with Crippen molar-refractivity contribution < 1.29 is 14.0 Å². The van der Waals surface area contributed by atoms with Gasteiger partial charge in [-0.2, -0.15) is 5.10 Å². The standard InChI is InChI=1S/C19H22FN7O2/c1-4-27-16(14(20)10(2)24-27)18(29)23-19-22-12-8-11(17(21)28)9-13-15(12)26(19)7-5-6-25(13)3/h8-9H,4-7H2,1-3H3,(H2,21,28)(H,22,23,29). The number of nitrogens with one attached hydrogen (secondary N) is 1. The smallest absolute Gasteiger partial charge is 0.279 e. The molecule has 0 spiro atoms. The van der Waals surface area contributed by atoms with E-state index in [2.05, 4.69) is 15.4 Å². The van der Waals surface area contributed by atoms with E-state index in [-0.39, 0.29) is 11.4 Å². The maximum Gasteiger partial charge on any atom is 0.279 e. The third kappa shape index (κ3) is 3.00. The van der Waals surface area contributed by atoms with E-state index >= 15 is 0 Å². The number of amides is 2. The van der Waals surface area contributed by atoms with Gasteiger partial charge in [0.15, 0.2) is 11.5 Å². The fraction of sp³-hybridized carbons (Fsp3) is 0.368. The lowest BCUT2D eigenvalue weighted by Crippen LogP contribution is -2.21. The SMILES string of the molecule is CCn1nc(C)c(F)c1C(=O)Nc1nc2cc(C(N)=O)cc3c2n1CCCN3C. The van der Waals surface area contributed by atoms with Gasteiger partial charge in [0.2, 0.25) is 11.9 Å². The minimum Gasteiger partial charge on any atom is -0.373 e. The van der Waals surface area contributed by atoms with E-state index in [1.165, 1.54) is 11.6 Å². The molecule has 4 rings (SSSR count). The van der Waals surface area contributed by atoms with Gasteiger partial charge in [0.25, 0.3) is 5.91 Å². The fourth-order valence-corrected chi connectivity index (χ4v) is 3.75. The monoisotopic (exact) mass is 399 g/mol. The van der Waals surface area contributed by atoms with Crippen LogP contribution in [0.4, 0.5) is 16.0 Å². The van der Waals surface area contributed by atoms with Crippen LogP contribution in [-0.2, 0) is 13.1 Å². The Bertz CT molecular complexity index is 1150. The van der Waals surface area contributed by atoms with Gasteiger partial charge in [-0.05, 0) is 32.4 Å². The average molecular weight is 399 g/mol. The molecule has 10 heteroatoms. The Morgan fingerprint density at radius 3 is 2.76 bits per heavy atom. The molecule has 0 bridgehead atoms. The maximum atomic E-state index is 14.5. The first kappa shape index (κ1) is 18.9. The molecule has 1 aliphatic heterocycles. The number of rotatable bonds is 4. The van der Waals surface area contributed by atoms with Crippen molar-refractivity contribution >= 4 is 34.5 Å². The number of hydrogen-bond donors (Lipinski definition) is 2. The third-order valence-electron chi connectivity index (χ3n) is 5.19. The second-order valence-electron chi connectivity index (χ2n) is 7.11. The minimum atomic E-state index is -0.646. The third-order valence-corrected chi connectivity index (χ3v) is 5.19. The van der Waals surface area contributed by atoms with Crippen LogP contribution in [0, 0.1) is 12.7 Å². The molecule has 3 aromatic rings. The largest absolute Gasteiger partial charge is 0.373 e. The van der Waals surface area contributed by atoms with Crippen LogP contribution in [-0.4, -0.2) is 44.7 Å². The van der Waals surface area contributed by atoms with Crippen LogP contribution in [0.3, 0.4) is 0 Å². The Hall–Kier alpha value is -3.43. The number of nitrogens with two attached hydrogens (primary N) is 1. The normalized spacial score (nSPS) is 13.6. The Kier molecular flexibility index (Phi) is 4.48. The summed E-state index contributed by atoms with van der Waals surface area (Å²) in [6.07, 6.45) is 0.811. The number of anilines is 2. The molecule has 0 fully saturated rings. The van der Waals surface area contributed by atoms with Crippen molar-refractivity contribution in [3.63, 3.8) is 0 Å². The van der Waals surface area contributed by atoms with Gasteiger partial charge >= 0.3 is 0 Å². The second kappa shape index (κ2) is 6.87. The zero-order valence-electron chi connectivity index (χ0n) is 16.5. The summed E-state index contributed by atoms with van der Waals surface area (Å²) in [7, 11) is 1.93. The highest BCUT2D eigenvalue weighted by Crippen LogP contribution is 2.33. The molecular formula is C19H22FN7O2. The number of aromatic nitrogens is 4. The summed E-state index contributed by atoms with van der Waals surface area (Å²) >= 11 is 0. The lowest BCUT2D eigenvalue weighted by Gasteiger charge is -2.17. The summed E-state index contributed by atoms with van der Waals surface area (Å²) in [5.41, 5.74) is 7.99. The number of carbonyl (C=O) groups is 2. The van der Waals surface area contributed by atoms with Crippen LogP contribution in [0.5, 0.6) is 0 Å². The number of benzene rings is 1. The van der Waals surface area contributed by atoms with Crippen LogP contribution in [0.15, 0.2) is 12.1 Å². The predicted octanol–water partition coefficient (Wildman–Crippen LogP) is 1.89. The van der Waals surface area contributed by atoms with Gasteiger partial charge in [-0.25, -0.2) is 9.37 Å². The highest BCUT2D eigenvalue weighted by Gasteiger charge is 2.26. The highest BCUT2D eigenvalue weighted by molar-refractivity contribution is 6.05. The van der Waals surface area contributed by atoms with Crippen LogP contribution >= 0.6 is 0 Å². The molecule has 0 saturated carbocycles. The van der Waals surface area contributed by atoms with Gasteiger partial charge < -0.3 is 15.2 Å². The molecule has 1 aromatic carbocycles. The van der Waals surface area contributed by atoms with E-state index in [4.69, 9.17) is 5.73 Å². The van der Waals surface area contributed by atoms with Gasteiger partial charge in [-0.3, -0.25) is 19.6 Å². The van der Waals surface area contributed by atoms with E-state index in [9.17, 15) is 14.0 Å². The van der Waals surface area contributed by atoms with Gasteiger partial charge in [0, 0.05) is 32.2 Å². The molecule has 3 N–H and O–H groups in total. The molecular weight excluding hydrogens is 377 g/mol. The molecule has 29 heavy (non-hydrogen) atoms. The summed E-state index contributed by atoms with van der Waals surface area (Å²) in [4.78, 5) is 31.1. The predicted molar refractivity (Wildman–Crippen MR) is 107 cm³/mol. The number of carbonyl (C=O) groups excluding carboxylic acids is 2. The summed E-state index contributed by atoms with van der Waals surface area (Å²) in [6.45, 7) is 5.05. The van der Waals surface area contributed by atoms with Gasteiger partial charge in [0.05, 0.1) is 22.4 Å². The quantitative estimate of drug-likeness (QED) is 0.696. The number of imidazole rings is 1. The Morgan fingerprint density at radius 2 is 2.07 bits per heavy atom. The maximum absolute atomic E-state index is 14.5. The fourth-order valence-electron chi connectivity index (χ4n) is 3.75. The molecule has 2 aromatic heterocycles. The first-order valence-corrected chi connectivity index (χ1v) is 9.41. The molecule has 0 aliphatic carbocycles. The van der Waals surface area contributed by atoms with Crippen LogP contribution in [0.25, 0.3) is 11.0 Å². The van der Waals surface area contributed by atoms with Crippen LogP contribution < -0.4 is 16.0 Å². The van der Waals surface area contributed by atoms with Crippen molar-refractivity contribution in [1.29, 1.82) is 0 Å². The van der Waals surface area contributed by atoms with E-state index in [0.717, 1.165) is 24.2 Å². The summed E-state index contributed by atoms with van der Waals surface area (Å²) in [6, 6.07) is 3.34. The molecule has 9 nitrogen and oxygen atoms in total. The van der Waals surface area contributed by atoms with E-state index in [1.807, 2.05) is 16.5 Å². The molecule has 152 valence electrons. The topological polar surface area (TPSA) is 111 Å². The van der Waals surface area contributed by atoms with E-state index in [1.54, 1.807) is 19.1 Å². The zero-order valence-corrected chi connectivity index (χ0v) is 16.5. The van der Waals surface area contributed by atoms with Crippen molar-refractivity contribution in [1.82, 2.24) is 19.3 Å². The van der Waals surface area contributed by atoms with Crippen molar-refractivity contribution in [3.05, 3.63) is 34.9 Å². The number of halogens is 1. The number of primary amides is 1. The summed E-state index contributed by atoms with van der Waals surface area (Å²) < 4.78 is 17.7. The van der Waals surface area contributed by atoms with Crippen molar-refractivity contribution in [2.45, 2.75) is 33.4 Å². The minimum absolute atomic E-state index is 0.131. The Balaban J connectivity index is 1.83. The molecule has 0 radical (unpaired) electrons. The Labute approximate surface area is 166 Å². The lowest BCUT2D eigenvalue weighted by atomic mass is 10.1. The average Bonchev–Trinajstić information content (AvgIpc) is 3.10. The summed E-state index contributed by atoms with van der Waals surface area (Å²) in [5, 5.41) is 6.78. The summed E-state index contributed by atoms with van der Waals surface area (Å²) in [5.74, 6) is -1.52. The molecule has 0 saturated heterocycles. The lowest BCUT2D eigenvalue weighted by molar-refractivity contribution is 0.0994. The highest BCUT2D eigenvalue weighted by atomic mass is 19.1. The van der Waals surface area contributed by atoms with Crippen LogP contribution in [0.1, 0.15) is 39.9 Å². The second-order valence-corrected chi connectivity index (χ2v) is 7.11. The van der Waals surface area contributed by atoms with Crippen molar-refractivity contribution in [3.8, 4) is 0 Å². The number of nitrogens with zero attached hydrogens (tertiary/aromatic N) is 5. The molecule has 2 amide bonds. The van der Waals surface area contributed by atoms with E-state index in [0.29, 0.717) is 30.1 Å². The van der Waals surface area contributed by atoms with Crippen LogP contribution in [0.2, 0.25) is 0 Å². The first-order valence-electron chi connectivity index (χ1n) is 9.41. The van der Waals surface area contributed by atoms with E-state index < -0.39 is 17.6 Å². The number of aryl methyl sites for hydroxylation is 3. The van der Waals surface area contributed by atoms with Gasteiger partial charge in [-0.1, -0.05) is 0 Å². The Morgan fingerprint density at radius 1 is 1.31 bits per heavy atom. The van der Waals surface area contributed by atoms with Crippen molar-refractivity contribution in [2.75, 3.05) is 23.8 Å². The molecule has 3 heterocycles. The molecule has 0 unspecified atom stereocenters.